The number of hydrogen-bond donors (Lipinski definition) is 0. The van der Waals surface area contributed by atoms with E-state index in [1.54, 1.807) is 0 Å². The van der Waals surface area contributed by atoms with Crippen LogP contribution in [0, 0.1) is 0 Å². The monoisotopic (exact) mass is 533 g/mol. The highest BCUT2D eigenvalue weighted by molar-refractivity contribution is 5.37. The van der Waals surface area contributed by atoms with Crippen molar-refractivity contribution in [1.29, 1.82) is 0 Å². The van der Waals surface area contributed by atoms with Crippen LogP contribution in [0.15, 0.2) is 67.3 Å². The van der Waals surface area contributed by atoms with Gasteiger partial charge in [0.15, 0.2) is 0 Å². The molecule has 214 valence electrons. The third kappa shape index (κ3) is 12.3. The van der Waals surface area contributed by atoms with Crippen LogP contribution in [0.1, 0.15) is 117 Å². The van der Waals surface area contributed by atoms with Crippen LogP contribution in [0.25, 0.3) is 11.4 Å². The van der Waals surface area contributed by atoms with Gasteiger partial charge in [-0.1, -0.05) is 104 Å². The Balaban J connectivity index is 1.33. The summed E-state index contributed by atoms with van der Waals surface area (Å²) in [5.74, 6) is 1.90. The predicted molar refractivity (Wildman–Crippen MR) is 164 cm³/mol. The number of aromatic nitrogens is 2. The molecule has 0 aliphatic rings. The van der Waals surface area contributed by atoms with E-state index >= 15 is 0 Å². The molecule has 0 spiro atoms. The zero-order valence-electron chi connectivity index (χ0n) is 24.8. The third-order valence-corrected chi connectivity index (χ3v) is 7.44. The lowest BCUT2D eigenvalue weighted by atomic mass is 10.1. The van der Waals surface area contributed by atoms with Crippen molar-refractivity contribution in [1.82, 2.24) is 4.57 Å². The Morgan fingerprint density at radius 3 is 1.46 bits per heavy atom. The van der Waals surface area contributed by atoms with Crippen LogP contribution >= 0.6 is 0 Å². The van der Waals surface area contributed by atoms with Crippen molar-refractivity contribution in [2.45, 2.75) is 117 Å². The van der Waals surface area contributed by atoms with Gasteiger partial charge >= 0.3 is 0 Å². The second-order valence-corrected chi connectivity index (χ2v) is 10.9. The first-order chi connectivity index (χ1) is 19.3. The van der Waals surface area contributed by atoms with Crippen molar-refractivity contribution >= 4 is 0 Å². The number of hydrogen-bond acceptors (Lipinski definition) is 2. The standard InChI is InChI=1S/C35H53N2O2/c1-3-5-7-9-11-13-15-17-29-38-34-23-19-32(20-24-34)36-27-28-37(31-36)33-21-25-35(26-22-33)39-30-18-16-14-12-10-8-6-4-2/h19-28,31H,3-18,29-30H2,1-2H3/q+1. The van der Waals surface area contributed by atoms with Gasteiger partial charge in [0.05, 0.1) is 13.2 Å². The smallest absolute Gasteiger partial charge is 0.254 e. The first-order valence-electron chi connectivity index (χ1n) is 15.9. The van der Waals surface area contributed by atoms with E-state index in [2.05, 4.69) is 90.2 Å². The van der Waals surface area contributed by atoms with Crippen LogP contribution in [-0.4, -0.2) is 17.8 Å². The van der Waals surface area contributed by atoms with Gasteiger partial charge in [-0.3, -0.25) is 0 Å². The molecule has 3 rings (SSSR count). The molecule has 1 aromatic heterocycles. The summed E-state index contributed by atoms with van der Waals surface area (Å²) in [5, 5.41) is 0. The molecule has 1 heterocycles. The van der Waals surface area contributed by atoms with Crippen LogP contribution in [-0.2, 0) is 0 Å². The molecule has 0 fully saturated rings. The molecule has 0 aliphatic carbocycles. The Morgan fingerprint density at radius 1 is 0.538 bits per heavy atom. The molecule has 2 aromatic carbocycles. The maximum absolute atomic E-state index is 5.97. The molecule has 0 N–H and O–H groups in total. The van der Waals surface area contributed by atoms with E-state index < -0.39 is 0 Å². The quantitative estimate of drug-likeness (QED) is 0.0949. The van der Waals surface area contributed by atoms with E-state index in [9.17, 15) is 0 Å². The summed E-state index contributed by atoms with van der Waals surface area (Å²) in [6, 6.07) is 16.8. The zero-order chi connectivity index (χ0) is 27.4. The predicted octanol–water partition coefficient (Wildman–Crippen LogP) is 9.79. The summed E-state index contributed by atoms with van der Waals surface area (Å²) >= 11 is 0. The normalized spacial score (nSPS) is 11.1. The summed E-state index contributed by atoms with van der Waals surface area (Å²) in [6.45, 7) is 6.15. The van der Waals surface area contributed by atoms with Crippen LogP contribution in [0.4, 0.5) is 0 Å². The Bertz CT molecular complexity index is 914. The van der Waals surface area contributed by atoms with Gasteiger partial charge in [0, 0.05) is 0 Å². The maximum atomic E-state index is 5.97. The molecule has 3 aromatic rings. The topological polar surface area (TPSA) is 27.3 Å². The molecule has 0 bridgehead atoms. The average molecular weight is 534 g/mol. The van der Waals surface area contributed by atoms with E-state index in [1.165, 1.54) is 89.9 Å². The van der Waals surface area contributed by atoms with Crippen LogP contribution < -0.4 is 14.0 Å². The molecule has 0 aliphatic heterocycles. The number of unbranched alkanes of at least 4 members (excludes halogenated alkanes) is 14. The second-order valence-electron chi connectivity index (χ2n) is 10.9. The van der Waals surface area contributed by atoms with Gasteiger partial charge in [-0.05, 0) is 61.4 Å². The Labute approximate surface area is 238 Å². The highest BCUT2D eigenvalue weighted by Crippen LogP contribution is 2.17. The lowest BCUT2D eigenvalue weighted by Gasteiger charge is -2.07. The van der Waals surface area contributed by atoms with Crippen molar-refractivity contribution in [2.24, 2.45) is 0 Å². The van der Waals surface area contributed by atoms with Gasteiger partial charge in [0.1, 0.15) is 35.3 Å². The van der Waals surface area contributed by atoms with Crippen molar-refractivity contribution in [2.75, 3.05) is 13.2 Å². The molecule has 0 atom stereocenters. The lowest BCUT2D eigenvalue weighted by Crippen LogP contribution is -2.27. The van der Waals surface area contributed by atoms with Crippen molar-refractivity contribution in [3.8, 4) is 22.9 Å². The fourth-order valence-electron chi connectivity index (χ4n) is 4.94. The highest BCUT2D eigenvalue weighted by atomic mass is 16.5. The molecule has 0 saturated carbocycles. The highest BCUT2D eigenvalue weighted by Gasteiger charge is 2.09. The van der Waals surface area contributed by atoms with Gasteiger partial charge < -0.3 is 9.47 Å². The van der Waals surface area contributed by atoms with Crippen molar-refractivity contribution in [3.05, 3.63) is 67.3 Å². The summed E-state index contributed by atoms with van der Waals surface area (Å²) < 4.78 is 16.2. The molecule has 0 radical (unpaired) electrons. The molecule has 0 unspecified atom stereocenters. The molecule has 0 amide bonds. The van der Waals surface area contributed by atoms with E-state index in [0.717, 1.165) is 48.9 Å². The largest absolute Gasteiger partial charge is 0.494 e. The zero-order valence-corrected chi connectivity index (χ0v) is 24.8. The van der Waals surface area contributed by atoms with Crippen LogP contribution in [0.5, 0.6) is 11.5 Å². The molecule has 0 saturated heterocycles. The second kappa shape index (κ2) is 19.3. The Hall–Kier alpha value is -2.75. The first kappa shape index (κ1) is 30.8. The minimum Gasteiger partial charge on any atom is -0.494 e. The number of ether oxygens (including phenoxy) is 2. The fourth-order valence-corrected chi connectivity index (χ4v) is 4.94. The molecule has 4 nitrogen and oxygen atoms in total. The third-order valence-electron chi connectivity index (χ3n) is 7.44. The van der Waals surface area contributed by atoms with Crippen molar-refractivity contribution in [3.63, 3.8) is 0 Å². The van der Waals surface area contributed by atoms with Crippen LogP contribution in [0.3, 0.4) is 0 Å². The lowest BCUT2D eigenvalue weighted by molar-refractivity contribution is -0.594. The summed E-state index contributed by atoms with van der Waals surface area (Å²) in [5.41, 5.74) is 2.25. The Kier molecular flexibility index (Phi) is 15.3. The number of rotatable bonds is 22. The van der Waals surface area contributed by atoms with Crippen molar-refractivity contribution < 1.29 is 14.0 Å². The SMILES string of the molecule is CCCCCCCCCCOc1ccc(-n2cc[n+](-c3ccc(OCCCCCCCCCC)cc3)c2)cc1. The van der Waals surface area contributed by atoms with Gasteiger partial charge in [-0.2, -0.15) is 0 Å². The van der Waals surface area contributed by atoms with E-state index in [4.69, 9.17) is 9.47 Å². The molecule has 39 heavy (non-hydrogen) atoms. The molecular formula is C35H53N2O2+. The molecular weight excluding hydrogens is 480 g/mol. The van der Waals surface area contributed by atoms with E-state index in [1.807, 2.05) is 0 Å². The average Bonchev–Trinajstić information content (AvgIpc) is 3.46. The minimum atomic E-state index is 0.802. The van der Waals surface area contributed by atoms with E-state index in [-0.39, 0.29) is 0 Å². The van der Waals surface area contributed by atoms with E-state index in [0.29, 0.717) is 0 Å². The van der Waals surface area contributed by atoms with Gasteiger partial charge in [-0.25, -0.2) is 9.13 Å². The Morgan fingerprint density at radius 2 is 0.974 bits per heavy atom. The summed E-state index contributed by atoms with van der Waals surface area (Å²) in [4.78, 5) is 0. The van der Waals surface area contributed by atoms with Crippen LogP contribution in [0.2, 0.25) is 0 Å². The fraction of sp³-hybridized carbons (Fsp3) is 0.571. The summed E-state index contributed by atoms with van der Waals surface area (Å²) in [6.07, 6.45) is 27.4. The van der Waals surface area contributed by atoms with Gasteiger partial charge in [0.2, 0.25) is 0 Å². The first-order valence-corrected chi connectivity index (χ1v) is 15.9. The van der Waals surface area contributed by atoms with Gasteiger partial charge in [0.25, 0.3) is 6.33 Å². The minimum absolute atomic E-state index is 0.802. The number of nitrogens with zero attached hydrogens (tertiary/aromatic N) is 2. The number of benzene rings is 2. The summed E-state index contributed by atoms with van der Waals surface area (Å²) in [7, 11) is 0. The number of imidazole rings is 1. The van der Waals surface area contributed by atoms with Gasteiger partial charge in [-0.15, -0.1) is 0 Å². The molecule has 4 heteroatoms. The maximum Gasteiger partial charge on any atom is 0.254 e.